The molecule has 0 radical (unpaired) electrons. The van der Waals surface area contributed by atoms with Crippen LogP contribution in [0.1, 0.15) is 90.9 Å². The molecular weight excluding hydrogens is 388 g/mol. The van der Waals surface area contributed by atoms with Crippen LogP contribution < -0.4 is 0 Å². The average molecular weight is 427 g/mol. The van der Waals surface area contributed by atoms with Crippen LogP contribution in [0.4, 0.5) is 17.6 Å². The van der Waals surface area contributed by atoms with E-state index in [1.165, 1.54) is 63.5 Å². The summed E-state index contributed by atoms with van der Waals surface area (Å²) < 4.78 is 57.2. The van der Waals surface area contributed by atoms with Gasteiger partial charge in [-0.2, -0.15) is 17.6 Å². The molecule has 170 valence electrons. The molecule has 0 saturated heterocycles. The van der Waals surface area contributed by atoms with Crippen molar-refractivity contribution >= 4 is 0 Å². The Balaban J connectivity index is 1.45. The topological polar surface area (TPSA) is 0 Å². The molecule has 30 heavy (non-hydrogen) atoms. The molecular formula is C26H38F4. The van der Waals surface area contributed by atoms with Crippen LogP contribution in [-0.4, -0.2) is 11.8 Å². The summed E-state index contributed by atoms with van der Waals surface area (Å²) in [5.74, 6) is -4.97. The minimum Gasteiger partial charge on any atom is -0.194 e. The molecule has 0 N–H and O–H groups in total. The molecule has 0 aromatic rings. The minimum atomic E-state index is -4.07. The van der Waals surface area contributed by atoms with Crippen molar-refractivity contribution in [3.8, 4) is 0 Å². The summed E-state index contributed by atoms with van der Waals surface area (Å²) in [6.07, 6.45) is 17.8. The first-order chi connectivity index (χ1) is 14.3. The van der Waals surface area contributed by atoms with Gasteiger partial charge in [0.2, 0.25) is 0 Å². The van der Waals surface area contributed by atoms with Crippen molar-refractivity contribution in [2.24, 2.45) is 23.7 Å². The Labute approximate surface area is 179 Å². The summed E-state index contributed by atoms with van der Waals surface area (Å²) >= 11 is 0. The van der Waals surface area contributed by atoms with E-state index in [1.54, 1.807) is 6.92 Å². The Morgan fingerprint density at radius 2 is 1.30 bits per heavy atom. The number of alkyl halides is 4. The first-order valence-electron chi connectivity index (χ1n) is 12.1. The van der Waals surface area contributed by atoms with E-state index >= 15 is 0 Å². The first kappa shape index (κ1) is 23.6. The van der Waals surface area contributed by atoms with Gasteiger partial charge in [0.25, 0.3) is 0 Å². The van der Waals surface area contributed by atoms with Gasteiger partial charge in [-0.1, -0.05) is 57.4 Å². The Bertz CT molecular complexity index is 642. The monoisotopic (exact) mass is 426 g/mol. The lowest BCUT2D eigenvalue weighted by atomic mass is 9.69. The summed E-state index contributed by atoms with van der Waals surface area (Å²) in [5, 5.41) is 0. The summed E-state index contributed by atoms with van der Waals surface area (Å²) in [4.78, 5) is 0. The van der Waals surface area contributed by atoms with Crippen LogP contribution in [0.5, 0.6) is 0 Å². The Hall–Kier alpha value is -1.06. The van der Waals surface area contributed by atoms with Gasteiger partial charge in [0.05, 0.1) is 0 Å². The summed E-state index contributed by atoms with van der Waals surface area (Å²) in [5.41, 5.74) is -0.884. The van der Waals surface area contributed by atoms with E-state index in [9.17, 15) is 17.6 Å². The van der Waals surface area contributed by atoms with Crippen LogP contribution in [0.25, 0.3) is 0 Å². The maximum atomic E-state index is 14.4. The fraction of sp³-hybridized carbons (Fsp3) is 0.769. The molecule has 2 fully saturated rings. The van der Waals surface area contributed by atoms with Crippen LogP contribution in [0.3, 0.4) is 0 Å². The van der Waals surface area contributed by atoms with Crippen LogP contribution in [0, 0.1) is 23.7 Å². The predicted molar refractivity (Wildman–Crippen MR) is 116 cm³/mol. The third kappa shape index (κ3) is 5.22. The van der Waals surface area contributed by atoms with Crippen LogP contribution in [0.2, 0.25) is 0 Å². The second kappa shape index (κ2) is 10.0. The van der Waals surface area contributed by atoms with Gasteiger partial charge in [0.15, 0.2) is 0 Å². The Morgan fingerprint density at radius 1 is 0.800 bits per heavy atom. The normalized spacial score (nSPS) is 33.9. The highest BCUT2D eigenvalue weighted by atomic mass is 19.3. The molecule has 3 rings (SSSR count). The highest BCUT2D eigenvalue weighted by Crippen LogP contribution is 2.49. The molecule has 0 aromatic carbocycles. The quantitative estimate of drug-likeness (QED) is 0.282. The van der Waals surface area contributed by atoms with Gasteiger partial charge in [-0.3, -0.25) is 0 Å². The summed E-state index contributed by atoms with van der Waals surface area (Å²) in [6, 6.07) is 0. The Morgan fingerprint density at radius 3 is 1.83 bits per heavy atom. The molecule has 0 aromatic heterocycles. The predicted octanol–water partition coefficient (Wildman–Crippen LogP) is 8.89. The largest absolute Gasteiger partial charge is 0.335 e. The molecule has 0 heterocycles. The highest BCUT2D eigenvalue weighted by molar-refractivity contribution is 5.37. The average Bonchev–Trinajstić information content (AvgIpc) is 2.72. The zero-order valence-electron chi connectivity index (χ0n) is 18.6. The molecule has 3 aliphatic carbocycles. The molecule has 0 unspecified atom stereocenters. The Kier molecular flexibility index (Phi) is 7.90. The van der Waals surface area contributed by atoms with Crippen molar-refractivity contribution < 1.29 is 17.6 Å². The summed E-state index contributed by atoms with van der Waals surface area (Å²) in [6.45, 7) is 4.08. The minimum absolute atomic E-state index is 0.00876. The van der Waals surface area contributed by atoms with Gasteiger partial charge in [0.1, 0.15) is 0 Å². The maximum Gasteiger partial charge on any atom is 0.335 e. The number of halogens is 4. The standard InChI is InChI=1S/C26H38F4/c1-3-6-23-17-18-24(26(29,30)25(23,27)28)8-5-4-7-20-11-15-22(16-12-20)21-13-9-19(2)10-14-21/h4,7,17-22H,3,5-6,8-16H2,1-2H3/b7-4+. The molecule has 3 aliphatic rings. The van der Waals surface area contributed by atoms with Gasteiger partial charge in [-0.25, -0.2) is 0 Å². The molecule has 0 nitrogen and oxygen atoms in total. The van der Waals surface area contributed by atoms with E-state index < -0.39 is 23.0 Å². The number of hydrogen-bond acceptors (Lipinski definition) is 0. The zero-order valence-corrected chi connectivity index (χ0v) is 18.6. The van der Waals surface area contributed by atoms with Crippen molar-refractivity contribution in [1.29, 1.82) is 0 Å². The summed E-state index contributed by atoms with van der Waals surface area (Å²) in [7, 11) is 0. The molecule has 0 amide bonds. The van der Waals surface area contributed by atoms with Crippen molar-refractivity contribution in [2.45, 2.75) is 103 Å². The second-order valence-corrected chi connectivity index (χ2v) is 9.94. The van der Waals surface area contributed by atoms with E-state index in [-0.39, 0.29) is 12.8 Å². The van der Waals surface area contributed by atoms with E-state index in [2.05, 4.69) is 13.0 Å². The third-order valence-corrected chi connectivity index (χ3v) is 7.74. The molecule has 0 spiro atoms. The van der Waals surface area contributed by atoms with Crippen LogP contribution >= 0.6 is 0 Å². The van der Waals surface area contributed by atoms with Crippen molar-refractivity contribution in [1.82, 2.24) is 0 Å². The van der Waals surface area contributed by atoms with Crippen molar-refractivity contribution in [3.05, 3.63) is 35.5 Å². The van der Waals surface area contributed by atoms with Gasteiger partial charge in [0, 0.05) is 11.1 Å². The van der Waals surface area contributed by atoms with E-state index in [4.69, 9.17) is 0 Å². The molecule has 0 bridgehead atoms. The van der Waals surface area contributed by atoms with E-state index in [0.29, 0.717) is 18.8 Å². The molecule has 0 aliphatic heterocycles. The van der Waals surface area contributed by atoms with E-state index in [0.717, 1.165) is 17.8 Å². The fourth-order valence-corrected chi connectivity index (χ4v) is 5.66. The van der Waals surface area contributed by atoms with Gasteiger partial charge in [-0.15, -0.1) is 0 Å². The van der Waals surface area contributed by atoms with Crippen molar-refractivity contribution in [3.63, 3.8) is 0 Å². The van der Waals surface area contributed by atoms with E-state index in [1.807, 2.05) is 6.08 Å². The first-order valence-corrected chi connectivity index (χ1v) is 12.1. The van der Waals surface area contributed by atoms with Gasteiger partial charge < -0.3 is 0 Å². The lowest BCUT2D eigenvalue weighted by Gasteiger charge is -2.36. The number of allylic oxidation sites excluding steroid dienone is 6. The zero-order chi connectivity index (χ0) is 21.8. The van der Waals surface area contributed by atoms with Gasteiger partial charge >= 0.3 is 11.8 Å². The van der Waals surface area contributed by atoms with Gasteiger partial charge in [-0.05, 0) is 81.5 Å². The van der Waals surface area contributed by atoms with Crippen LogP contribution in [0.15, 0.2) is 35.5 Å². The van der Waals surface area contributed by atoms with Crippen molar-refractivity contribution in [2.75, 3.05) is 0 Å². The number of rotatable bonds is 7. The third-order valence-electron chi connectivity index (χ3n) is 7.74. The SMILES string of the molecule is CCCC1=CC=C(CC/C=C/C2CCC(C3CCC(C)CC3)CC2)C(F)(F)C1(F)F. The van der Waals surface area contributed by atoms with Crippen LogP contribution in [-0.2, 0) is 0 Å². The molecule has 0 atom stereocenters. The lowest BCUT2D eigenvalue weighted by molar-refractivity contribution is -0.165. The number of hydrogen-bond donors (Lipinski definition) is 0. The smallest absolute Gasteiger partial charge is 0.194 e. The highest BCUT2D eigenvalue weighted by Gasteiger charge is 2.60. The molecule has 4 heteroatoms. The maximum absolute atomic E-state index is 14.4. The second-order valence-electron chi connectivity index (χ2n) is 9.94. The molecule has 2 saturated carbocycles. The lowest BCUT2D eigenvalue weighted by Crippen LogP contribution is -2.45. The fourth-order valence-electron chi connectivity index (χ4n) is 5.66.